The Morgan fingerprint density at radius 1 is 0.850 bits per heavy atom. The second-order valence-corrected chi connectivity index (χ2v) is 5.08. The van der Waals surface area contributed by atoms with Crippen LogP contribution in [0.1, 0.15) is 24.4 Å². The van der Waals surface area contributed by atoms with Crippen molar-refractivity contribution < 1.29 is 0 Å². The van der Waals surface area contributed by atoms with E-state index in [-0.39, 0.29) is 0 Å². The minimum absolute atomic E-state index is 0.438. The minimum atomic E-state index is 0.438. The summed E-state index contributed by atoms with van der Waals surface area (Å²) in [7, 11) is 4.04. The first-order valence-corrected chi connectivity index (χ1v) is 7.32. The van der Waals surface area contributed by atoms with Gasteiger partial charge in [-0.2, -0.15) is 0 Å². The molecule has 0 aliphatic rings. The van der Waals surface area contributed by atoms with E-state index in [1.165, 1.54) is 23.1 Å². The second kappa shape index (κ2) is 7.83. The van der Waals surface area contributed by atoms with Gasteiger partial charge in [-0.25, -0.2) is 0 Å². The van der Waals surface area contributed by atoms with E-state index in [0.29, 0.717) is 6.04 Å². The quantitative estimate of drug-likeness (QED) is 0.750. The molecule has 0 radical (unpaired) electrons. The highest BCUT2D eigenvalue weighted by Crippen LogP contribution is 2.23. The molecule has 0 saturated carbocycles. The van der Waals surface area contributed by atoms with Crippen molar-refractivity contribution in [2.45, 2.75) is 18.9 Å². The van der Waals surface area contributed by atoms with E-state index >= 15 is 0 Å². The summed E-state index contributed by atoms with van der Waals surface area (Å²) >= 11 is 0. The zero-order valence-corrected chi connectivity index (χ0v) is 12.4. The molecule has 0 fully saturated rings. The fraction of sp³-hybridized carbons (Fsp3) is 0.333. The van der Waals surface area contributed by atoms with Gasteiger partial charge < -0.3 is 10.6 Å². The summed E-state index contributed by atoms with van der Waals surface area (Å²) in [6.45, 7) is 1.07. The Kier molecular flexibility index (Phi) is 5.78. The number of rotatable bonds is 7. The van der Waals surface area contributed by atoms with Crippen molar-refractivity contribution in [1.29, 1.82) is 0 Å². The summed E-state index contributed by atoms with van der Waals surface area (Å²) in [6, 6.07) is 19.9. The molecule has 0 bridgehead atoms. The predicted octanol–water partition coefficient (Wildman–Crippen LogP) is 3.61. The van der Waals surface area contributed by atoms with Crippen molar-refractivity contribution in [3.8, 4) is 11.1 Å². The molecule has 1 atom stereocenters. The molecule has 2 nitrogen and oxygen atoms in total. The Balaban J connectivity index is 2.06. The molecule has 0 aliphatic heterocycles. The number of nitrogens with one attached hydrogen (secondary N) is 2. The van der Waals surface area contributed by atoms with E-state index in [4.69, 9.17) is 0 Å². The summed E-state index contributed by atoms with van der Waals surface area (Å²) in [6.07, 6.45) is 2.34. The van der Waals surface area contributed by atoms with Crippen molar-refractivity contribution >= 4 is 0 Å². The van der Waals surface area contributed by atoms with Crippen LogP contribution in [-0.2, 0) is 0 Å². The Bertz CT molecular complexity index is 491. The van der Waals surface area contributed by atoms with Crippen LogP contribution in [0.4, 0.5) is 0 Å². The second-order valence-electron chi connectivity index (χ2n) is 5.08. The highest BCUT2D eigenvalue weighted by Gasteiger charge is 2.08. The van der Waals surface area contributed by atoms with Crippen LogP contribution in [-0.4, -0.2) is 20.6 Å². The van der Waals surface area contributed by atoms with Crippen LogP contribution in [0.25, 0.3) is 11.1 Å². The number of hydrogen-bond donors (Lipinski definition) is 2. The SMILES string of the molecule is CNCCCC(NC)c1ccc(-c2ccccc2)cc1. The Morgan fingerprint density at radius 2 is 1.50 bits per heavy atom. The van der Waals surface area contributed by atoms with Gasteiger partial charge in [-0.1, -0.05) is 54.6 Å². The molecular weight excluding hydrogens is 244 g/mol. The molecule has 2 aromatic rings. The zero-order chi connectivity index (χ0) is 14.2. The van der Waals surface area contributed by atoms with Crippen LogP contribution in [0.2, 0.25) is 0 Å². The average molecular weight is 268 g/mol. The van der Waals surface area contributed by atoms with E-state index in [1.54, 1.807) is 0 Å². The average Bonchev–Trinajstić information content (AvgIpc) is 2.53. The molecule has 0 saturated heterocycles. The molecule has 0 aliphatic carbocycles. The molecule has 0 amide bonds. The van der Waals surface area contributed by atoms with E-state index in [9.17, 15) is 0 Å². The van der Waals surface area contributed by atoms with Gasteiger partial charge >= 0.3 is 0 Å². The summed E-state index contributed by atoms with van der Waals surface area (Å²) in [4.78, 5) is 0. The van der Waals surface area contributed by atoms with Crippen LogP contribution in [0.3, 0.4) is 0 Å². The van der Waals surface area contributed by atoms with Crippen LogP contribution in [0.5, 0.6) is 0 Å². The van der Waals surface area contributed by atoms with Crippen LogP contribution >= 0.6 is 0 Å². The molecule has 20 heavy (non-hydrogen) atoms. The third-order valence-electron chi connectivity index (χ3n) is 3.69. The molecule has 2 rings (SSSR count). The molecule has 2 N–H and O–H groups in total. The lowest BCUT2D eigenvalue weighted by molar-refractivity contribution is 0.518. The third-order valence-corrected chi connectivity index (χ3v) is 3.69. The maximum atomic E-state index is 3.41. The molecule has 0 spiro atoms. The predicted molar refractivity (Wildman–Crippen MR) is 86.8 cm³/mol. The smallest absolute Gasteiger partial charge is 0.0317 e. The van der Waals surface area contributed by atoms with Gasteiger partial charge in [-0.15, -0.1) is 0 Å². The number of benzene rings is 2. The van der Waals surface area contributed by atoms with Gasteiger partial charge in [0.1, 0.15) is 0 Å². The normalized spacial score (nSPS) is 12.3. The fourth-order valence-corrected chi connectivity index (χ4v) is 2.50. The van der Waals surface area contributed by atoms with Crippen molar-refractivity contribution in [2.75, 3.05) is 20.6 Å². The monoisotopic (exact) mass is 268 g/mol. The van der Waals surface area contributed by atoms with E-state index in [1.807, 2.05) is 14.1 Å². The first-order valence-electron chi connectivity index (χ1n) is 7.32. The largest absolute Gasteiger partial charge is 0.320 e. The minimum Gasteiger partial charge on any atom is -0.320 e. The van der Waals surface area contributed by atoms with Gasteiger partial charge in [-0.05, 0) is 50.2 Å². The Hall–Kier alpha value is -1.64. The first-order chi connectivity index (χ1) is 9.85. The summed E-state index contributed by atoms with van der Waals surface area (Å²) in [5, 5.41) is 6.61. The van der Waals surface area contributed by atoms with Crippen LogP contribution < -0.4 is 10.6 Å². The molecule has 0 aromatic heterocycles. The molecule has 106 valence electrons. The summed E-state index contributed by atoms with van der Waals surface area (Å²) < 4.78 is 0. The van der Waals surface area contributed by atoms with Crippen molar-refractivity contribution in [3.63, 3.8) is 0 Å². The van der Waals surface area contributed by atoms with Crippen molar-refractivity contribution in [2.24, 2.45) is 0 Å². The topological polar surface area (TPSA) is 24.1 Å². The highest BCUT2D eigenvalue weighted by atomic mass is 14.9. The standard InChI is InChI=1S/C18H24N2/c1-19-14-6-9-18(20-2)17-12-10-16(11-13-17)15-7-4-3-5-8-15/h3-5,7-8,10-13,18-20H,6,9,14H2,1-2H3. The van der Waals surface area contributed by atoms with Crippen LogP contribution in [0.15, 0.2) is 54.6 Å². The van der Waals surface area contributed by atoms with Gasteiger partial charge in [0, 0.05) is 6.04 Å². The van der Waals surface area contributed by atoms with Gasteiger partial charge in [0.15, 0.2) is 0 Å². The molecule has 2 heteroatoms. The molecule has 0 heterocycles. The van der Waals surface area contributed by atoms with E-state index in [2.05, 4.69) is 65.2 Å². The zero-order valence-electron chi connectivity index (χ0n) is 12.4. The van der Waals surface area contributed by atoms with E-state index in [0.717, 1.165) is 13.0 Å². The fourth-order valence-electron chi connectivity index (χ4n) is 2.50. The first kappa shape index (κ1) is 14.8. The maximum absolute atomic E-state index is 3.41. The van der Waals surface area contributed by atoms with Crippen LogP contribution in [0, 0.1) is 0 Å². The van der Waals surface area contributed by atoms with Gasteiger partial charge in [0.25, 0.3) is 0 Å². The van der Waals surface area contributed by atoms with Crippen molar-refractivity contribution in [1.82, 2.24) is 10.6 Å². The van der Waals surface area contributed by atoms with E-state index < -0.39 is 0 Å². The molecule has 1 unspecified atom stereocenters. The molecule has 2 aromatic carbocycles. The Labute approximate surface area is 122 Å². The third kappa shape index (κ3) is 3.92. The van der Waals surface area contributed by atoms with Gasteiger partial charge in [0.05, 0.1) is 0 Å². The van der Waals surface area contributed by atoms with Gasteiger partial charge in [-0.3, -0.25) is 0 Å². The maximum Gasteiger partial charge on any atom is 0.0317 e. The highest BCUT2D eigenvalue weighted by molar-refractivity contribution is 5.63. The lowest BCUT2D eigenvalue weighted by Crippen LogP contribution is -2.18. The summed E-state index contributed by atoms with van der Waals surface area (Å²) in [5.74, 6) is 0. The number of hydrogen-bond acceptors (Lipinski definition) is 2. The lowest BCUT2D eigenvalue weighted by atomic mass is 9.98. The lowest BCUT2D eigenvalue weighted by Gasteiger charge is -2.17. The molecular formula is C18H24N2. The van der Waals surface area contributed by atoms with Gasteiger partial charge in [0.2, 0.25) is 0 Å². The van der Waals surface area contributed by atoms with Crippen molar-refractivity contribution in [3.05, 3.63) is 60.2 Å². The Morgan fingerprint density at radius 3 is 2.10 bits per heavy atom. The summed E-state index contributed by atoms with van der Waals surface area (Å²) in [5.41, 5.74) is 3.91.